The smallest absolute Gasteiger partial charge is 0.248 e. The molecule has 0 radical (unpaired) electrons. The molecule has 54 heavy (non-hydrogen) atoms. The first kappa shape index (κ1) is 45.7. The number of hydrogen-bond acceptors (Lipinski definition) is 11. The first-order valence-electron chi connectivity index (χ1n) is 18.4. The molecule has 0 saturated carbocycles. The van der Waals surface area contributed by atoms with E-state index in [1.54, 1.807) is 0 Å². The molecule has 0 bridgehead atoms. The molecule has 0 aromatic heterocycles. The van der Waals surface area contributed by atoms with Crippen molar-refractivity contribution in [3.05, 3.63) is 23.9 Å². The molecule has 1 spiro atoms. The summed E-state index contributed by atoms with van der Waals surface area (Å²) in [5.41, 5.74) is 3.73. The van der Waals surface area contributed by atoms with Gasteiger partial charge in [0.25, 0.3) is 0 Å². The van der Waals surface area contributed by atoms with E-state index >= 15 is 0 Å². The molecule has 0 aromatic carbocycles. The highest BCUT2D eigenvalue weighted by atomic mass is 32.2. The highest BCUT2D eigenvalue weighted by Crippen LogP contribution is 2.29. The summed E-state index contributed by atoms with van der Waals surface area (Å²) in [6.45, 7) is 10.4. The van der Waals surface area contributed by atoms with Crippen molar-refractivity contribution in [2.45, 2.75) is 122 Å². The molecule has 6 atom stereocenters. The van der Waals surface area contributed by atoms with Crippen molar-refractivity contribution in [2.24, 2.45) is 17.6 Å². The van der Waals surface area contributed by atoms with E-state index in [0.29, 0.717) is 6.42 Å². The predicted octanol–water partition coefficient (Wildman–Crippen LogP) is -0.509. The van der Waals surface area contributed by atoms with E-state index in [-0.39, 0.29) is 61.9 Å². The van der Waals surface area contributed by atoms with E-state index in [1.807, 2.05) is 13.8 Å². The molecule has 1 saturated heterocycles. The molecule has 6 unspecified atom stereocenters. The van der Waals surface area contributed by atoms with E-state index in [4.69, 9.17) is 5.73 Å². The second-order valence-corrected chi connectivity index (χ2v) is 15.2. The number of primary amides is 1. The third kappa shape index (κ3) is 15.1. The topological polar surface area (TPSA) is 267 Å². The Balaban J connectivity index is 2.64. The van der Waals surface area contributed by atoms with Gasteiger partial charge in [-0.05, 0) is 43.9 Å². The summed E-state index contributed by atoms with van der Waals surface area (Å²) in [4.78, 5) is 106. The molecule has 7 amide bonds. The molecule has 17 nitrogen and oxygen atoms in total. The lowest BCUT2D eigenvalue weighted by atomic mass is 9.83. The summed E-state index contributed by atoms with van der Waals surface area (Å²) < 4.78 is 0. The van der Waals surface area contributed by atoms with Crippen LogP contribution in [0.25, 0.3) is 0 Å². The number of hydrogen-bond donors (Lipinski definition) is 9. The van der Waals surface area contributed by atoms with E-state index in [9.17, 15) is 43.5 Å². The highest BCUT2D eigenvalue weighted by molar-refractivity contribution is 8.02. The van der Waals surface area contributed by atoms with Crippen LogP contribution in [0.1, 0.15) is 91.9 Å². The summed E-state index contributed by atoms with van der Waals surface area (Å²) >= 11 is 1.04. The van der Waals surface area contributed by atoms with Crippen LogP contribution < -0.4 is 43.0 Å². The van der Waals surface area contributed by atoms with Crippen LogP contribution in [-0.4, -0.2) is 101 Å². The van der Waals surface area contributed by atoms with Gasteiger partial charge in [0.2, 0.25) is 41.4 Å². The molecule has 2 rings (SSSR count). The number of ketones is 1. The van der Waals surface area contributed by atoms with Crippen LogP contribution in [0.15, 0.2) is 23.9 Å². The number of amides is 7. The maximum atomic E-state index is 14.6. The Morgan fingerprint density at radius 3 is 2.31 bits per heavy atom. The van der Waals surface area contributed by atoms with Gasteiger partial charge < -0.3 is 48.1 Å². The zero-order valence-corrected chi connectivity index (χ0v) is 32.5. The molecule has 0 aliphatic carbocycles. The van der Waals surface area contributed by atoms with Crippen molar-refractivity contribution < 1.29 is 43.5 Å². The summed E-state index contributed by atoms with van der Waals surface area (Å²) in [7, 11) is 0. The summed E-state index contributed by atoms with van der Waals surface area (Å²) in [5, 5.41) is 30.0. The summed E-state index contributed by atoms with van der Waals surface area (Å²) in [6, 6.07) is -4.79. The first-order valence-corrected chi connectivity index (χ1v) is 19.5. The molecule has 302 valence electrons. The number of aliphatic hydroxyl groups excluding tert-OH is 1. The Hall–Kier alpha value is -4.45. The average Bonchev–Trinajstić information content (AvgIpc) is 3.11. The molecule has 2 heterocycles. The summed E-state index contributed by atoms with van der Waals surface area (Å²) in [5.74, 6) is -6.62. The second-order valence-electron chi connectivity index (χ2n) is 14.3. The molecular formula is C36H58N8O9S. The van der Waals surface area contributed by atoms with Crippen molar-refractivity contribution in [1.29, 1.82) is 0 Å². The summed E-state index contributed by atoms with van der Waals surface area (Å²) in [6.07, 6.45) is 3.88. The van der Waals surface area contributed by atoms with Crippen molar-refractivity contribution in [1.82, 2.24) is 37.2 Å². The fraction of sp³-hybridized carbons (Fsp3) is 0.667. The van der Waals surface area contributed by atoms with Crippen molar-refractivity contribution in [3.63, 3.8) is 0 Å². The van der Waals surface area contributed by atoms with Crippen LogP contribution in [-0.2, 0) is 38.4 Å². The van der Waals surface area contributed by atoms with Crippen molar-refractivity contribution in [3.8, 4) is 0 Å². The number of rotatable bonds is 15. The number of nitrogens with two attached hydrogens (primary N) is 1. The van der Waals surface area contributed by atoms with Gasteiger partial charge in [-0.1, -0.05) is 46.6 Å². The predicted molar refractivity (Wildman–Crippen MR) is 203 cm³/mol. The van der Waals surface area contributed by atoms with Gasteiger partial charge in [-0.25, -0.2) is 0 Å². The van der Waals surface area contributed by atoms with Crippen LogP contribution in [0, 0.1) is 11.8 Å². The molecule has 2 aliphatic rings. The lowest BCUT2D eigenvalue weighted by Crippen LogP contribution is -2.64. The van der Waals surface area contributed by atoms with Crippen LogP contribution in [0.2, 0.25) is 0 Å². The van der Waals surface area contributed by atoms with Crippen molar-refractivity contribution >= 4 is 58.9 Å². The molecule has 1 fully saturated rings. The zero-order valence-electron chi connectivity index (χ0n) is 31.7. The number of carbonyl (C=O) groups is 8. The molecule has 2 aliphatic heterocycles. The number of Topliss-reactive ketones (excluding diaryl/α,β-unsaturated/α-hetero) is 1. The largest absolute Gasteiger partial charge is 0.394 e. The van der Waals surface area contributed by atoms with Gasteiger partial charge in [0.1, 0.15) is 23.7 Å². The van der Waals surface area contributed by atoms with E-state index in [0.717, 1.165) is 31.0 Å². The number of carbonyl (C=O) groups excluding carboxylic acids is 8. The minimum atomic E-state index is -1.80. The fourth-order valence-electron chi connectivity index (χ4n) is 6.03. The molecule has 10 N–H and O–H groups in total. The van der Waals surface area contributed by atoms with Gasteiger partial charge in [0.15, 0.2) is 5.78 Å². The van der Waals surface area contributed by atoms with E-state index in [1.165, 1.54) is 18.5 Å². The van der Waals surface area contributed by atoms with Gasteiger partial charge in [-0.3, -0.25) is 38.4 Å². The molecular weight excluding hydrogens is 721 g/mol. The second kappa shape index (κ2) is 22.7. The molecule has 0 aromatic rings. The van der Waals surface area contributed by atoms with Crippen LogP contribution in [0.4, 0.5) is 0 Å². The van der Waals surface area contributed by atoms with E-state index < -0.39 is 89.9 Å². The van der Waals surface area contributed by atoms with Crippen LogP contribution >= 0.6 is 11.8 Å². The maximum absolute atomic E-state index is 14.6. The number of aliphatic hydroxyl groups is 1. The Morgan fingerprint density at radius 1 is 0.963 bits per heavy atom. The van der Waals surface area contributed by atoms with Crippen LogP contribution in [0.5, 0.6) is 0 Å². The number of unbranched alkanes of at least 4 members (excludes halogenated alkanes) is 3. The number of thioether (sulfide) groups is 1. The van der Waals surface area contributed by atoms with Crippen molar-refractivity contribution in [2.75, 3.05) is 18.9 Å². The monoisotopic (exact) mass is 778 g/mol. The maximum Gasteiger partial charge on any atom is 0.248 e. The lowest BCUT2D eigenvalue weighted by molar-refractivity contribution is -0.137. The number of nitrogens with one attached hydrogen (secondary N) is 7. The third-order valence-corrected chi connectivity index (χ3v) is 10.0. The normalized spacial score (nSPS) is 25.8. The Labute approximate surface area is 321 Å². The Bertz CT molecular complexity index is 1420. The van der Waals surface area contributed by atoms with Gasteiger partial charge in [0, 0.05) is 42.8 Å². The zero-order chi connectivity index (χ0) is 40.4. The fourth-order valence-corrected chi connectivity index (χ4v) is 6.90. The van der Waals surface area contributed by atoms with Gasteiger partial charge in [-0.2, -0.15) is 0 Å². The minimum Gasteiger partial charge on any atom is -0.394 e. The van der Waals surface area contributed by atoms with Gasteiger partial charge in [-0.15, -0.1) is 11.8 Å². The quantitative estimate of drug-likeness (QED) is 0.0956. The minimum absolute atomic E-state index is 0.00903. The Morgan fingerprint density at radius 2 is 1.67 bits per heavy atom. The Kier molecular flexibility index (Phi) is 19.2. The van der Waals surface area contributed by atoms with E-state index in [2.05, 4.69) is 50.7 Å². The average molecular weight is 779 g/mol. The van der Waals surface area contributed by atoms with Gasteiger partial charge >= 0.3 is 0 Å². The molecule has 18 heteroatoms. The first-order chi connectivity index (χ1) is 25.5. The lowest BCUT2D eigenvalue weighted by Gasteiger charge is -2.38. The van der Waals surface area contributed by atoms with Crippen LogP contribution in [0.3, 0.4) is 0 Å². The third-order valence-electron chi connectivity index (χ3n) is 9.03. The highest BCUT2D eigenvalue weighted by Gasteiger charge is 2.45. The standard InChI is InChI=1S/C36H58N8O9S/c1-6-7-8-9-10-30(48)40-23(5)28(46)16-24-17-36(44-22(4)18-39-32(50)26(15-21(2)3)41-31(24)49)20-54-14-13-38-33(51)27(19-45)42-34(52)25(43-35(36)53)11-12-29(37)47/h13-14,21,23-27,44-45H,4,6-12,15-20H2,1-3,5H3,(H2,37,47)(H,38,51)(H,39,50)(H,40,48)(H,41,49)(H,42,52)(H,43,53)/b14-13-. The SMILES string of the molecule is C=C1CNC(=O)C(CC(C)C)NC(=O)C(CC(=O)C(C)NC(=O)CCCCCC)CC2(CS/C=C\NC(=O)C(CO)NC(=O)C(CCC(N)=O)NC2=O)N1. The van der Waals surface area contributed by atoms with Gasteiger partial charge in [0.05, 0.1) is 19.2 Å².